The highest BCUT2D eigenvalue weighted by atomic mass is 32.1. The number of piperidine rings is 1. The maximum Gasteiger partial charge on any atom is 0.259 e. The summed E-state index contributed by atoms with van der Waals surface area (Å²) in [6, 6.07) is 0. The van der Waals surface area contributed by atoms with Crippen molar-refractivity contribution in [1.29, 1.82) is 0 Å². The molecular formula is C20H27N3OS. The predicted octanol–water partition coefficient (Wildman–Crippen LogP) is 3.88. The number of nitrogens with one attached hydrogen (secondary N) is 1. The van der Waals surface area contributed by atoms with Gasteiger partial charge in [-0.3, -0.25) is 9.69 Å². The lowest BCUT2D eigenvalue weighted by Crippen LogP contribution is -2.41. The number of hydrogen-bond donors (Lipinski definition) is 1. The van der Waals surface area contributed by atoms with Gasteiger partial charge in [0.25, 0.3) is 5.56 Å². The third-order valence-corrected chi connectivity index (χ3v) is 7.81. The molecule has 5 rings (SSSR count). The fourth-order valence-corrected chi connectivity index (χ4v) is 6.60. The van der Waals surface area contributed by atoms with E-state index in [4.69, 9.17) is 4.98 Å². The van der Waals surface area contributed by atoms with E-state index < -0.39 is 0 Å². The molecule has 0 amide bonds. The van der Waals surface area contributed by atoms with E-state index in [0.717, 1.165) is 53.8 Å². The van der Waals surface area contributed by atoms with Crippen molar-refractivity contribution in [3.63, 3.8) is 0 Å². The third-order valence-electron chi connectivity index (χ3n) is 6.62. The minimum Gasteiger partial charge on any atom is -0.309 e. The van der Waals surface area contributed by atoms with E-state index in [-0.39, 0.29) is 5.56 Å². The Balaban J connectivity index is 1.39. The van der Waals surface area contributed by atoms with E-state index in [1.54, 1.807) is 11.3 Å². The van der Waals surface area contributed by atoms with Gasteiger partial charge in [-0.15, -0.1) is 11.3 Å². The first-order valence-corrected chi connectivity index (χ1v) is 10.9. The minimum absolute atomic E-state index is 0.0898. The molecule has 25 heavy (non-hydrogen) atoms. The molecule has 2 aliphatic carbocycles. The van der Waals surface area contributed by atoms with Crippen molar-refractivity contribution in [2.45, 2.75) is 64.3 Å². The number of nitrogens with zero attached hydrogens (tertiary/aromatic N) is 2. The Labute approximate surface area is 152 Å². The molecule has 3 aliphatic rings. The number of aromatic amines is 1. The van der Waals surface area contributed by atoms with Crippen LogP contribution in [0.15, 0.2) is 4.79 Å². The molecule has 1 aliphatic heterocycles. The van der Waals surface area contributed by atoms with Gasteiger partial charge < -0.3 is 4.98 Å². The van der Waals surface area contributed by atoms with Crippen LogP contribution in [0.3, 0.4) is 0 Å². The number of H-pyrrole nitrogens is 1. The van der Waals surface area contributed by atoms with Crippen molar-refractivity contribution in [2.24, 2.45) is 11.8 Å². The van der Waals surface area contributed by atoms with Crippen molar-refractivity contribution in [1.82, 2.24) is 14.9 Å². The second kappa shape index (κ2) is 6.51. The first kappa shape index (κ1) is 16.0. The average molecular weight is 358 g/mol. The predicted molar refractivity (Wildman–Crippen MR) is 102 cm³/mol. The van der Waals surface area contributed by atoms with Gasteiger partial charge in [0, 0.05) is 11.4 Å². The van der Waals surface area contributed by atoms with Crippen molar-refractivity contribution in [2.75, 3.05) is 13.1 Å². The molecule has 1 N–H and O–H groups in total. The van der Waals surface area contributed by atoms with Crippen LogP contribution >= 0.6 is 11.3 Å². The smallest absolute Gasteiger partial charge is 0.259 e. The van der Waals surface area contributed by atoms with Gasteiger partial charge in [0.05, 0.1) is 11.9 Å². The molecule has 0 unspecified atom stereocenters. The van der Waals surface area contributed by atoms with Crippen molar-refractivity contribution < 1.29 is 0 Å². The molecule has 4 nitrogen and oxygen atoms in total. The van der Waals surface area contributed by atoms with Gasteiger partial charge in [0.2, 0.25) is 0 Å². The van der Waals surface area contributed by atoms with Crippen LogP contribution in [-0.4, -0.2) is 28.0 Å². The van der Waals surface area contributed by atoms with E-state index in [0.29, 0.717) is 0 Å². The molecule has 3 heterocycles. The maximum absolute atomic E-state index is 12.7. The second-order valence-electron chi connectivity index (χ2n) is 8.23. The fourth-order valence-electron chi connectivity index (χ4n) is 5.31. The lowest BCUT2D eigenvalue weighted by Gasteiger charge is -2.41. The summed E-state index contributed by atoms with van der Waals surface area (Å²) in [5.41, 5.74) is 1.38. The molecule has 0 spiro atoms. The Hall–Kier alpha value is -1.20. The van der Waals surface area contributed by atoms with E-state index in [1.165, 1.54) is 61.9 Å². The lowest BCUT2D eigenvalue weighted by atomic mass is 9.75. The summed E-state index contributed by atoms with van der Waals surface area (Å²) in [6.45, 7) is 3.15. The summed E-state index contributed by atoms with van der Waals surface area (Å²) in [4.78, 5) is 25.6. The van der Waals surface area contributed by atoms with Crippen LogP contribution in [0, 0.1) is 11.8 Å². The standard InChI is InChI=1S/C20H27N3OS/c24-19-18-15-7-3-4-8-16(15)25-20(18)22-17(21-19)12-23-10-9-13-5-1-2-6-14(13)11-23/h13-14H,1-12H2,(H,21,22,24)/t13-,14+/m0/s1. The fraction of sp³-hybridized carbons (Fsp3) is 0.700. The zero-order chi connectivity index (χ0) is 16.8. The molecule has 134 valence electrons. The Morgan fingerprint density at radius 2 is 1.92 bits per heavy atom. The van der Waals surface area contributed by atoms with Crippen LogP contribution in [0.25, 0.3) is 10.2 Å². The second-order valence-corrected chi connectivity index (χ2v) is 9.32. The van der Waals surface area contributed by atoms with Gasteiger partial charge in [-0.25, -0.2) is 4.98 Å². The Morgan fingerprint density at radius 3 is 2.84 bits per heavy atom. The molecule has 1 saturated carbocycles. The summed E-state index contributed by atoms with van der Waals surface area (Å²) < 4.78 is 0. The van der Waals surface area contributed by atoms with Crippen molar-refractivity contribution in [3.05, 3.63) is 26.6 Å². The van der Waals surface area contributed by atoms with Gasteiger partial charge in [-0.2, -0.15) is 0 Å². The maximum atomic E-state index is 12.7. The van der Waals surface area contributed by atoms with Gasteiger partial charge in [-0.1, -0.05) is 19.3 Å². The highest BCUT2D eigenvalue weighted by molar-refractivity contribution is 7.18. The van der Waals surface area contributed by atoms with Crippen LogP contribution < -0.4 is 5.56 Å². The Bertz CT molecular complexity index is 839. The number of thiophene rings is 1. The highest BCUT2D eigenvalue weighted by Crippen LogP contribution is 2.37. The summed E-state index contributed by atoms with van der Waals surface area (Å²) in [5.74, 6) is 2.68. The number of hydrogen-bond acceptors (Lipinski definition) is 4. The van der Waals surface area contributed by atoms with E-state index in [9.17, 15) is 4.79 Å². The summed E-state index contributed by atoms with van der Waals surface area (Å²) in [6.07, 6.45) is 11.6. The quantitative estimate of drug-likeness (QED) is 0.887. The summed E-state index contributed by atoms with van der Waals surface area (Å²) in [5, 5.41) is 0.884. The Morgan fingerprint density at radius 1 is 1.08 bits per heavy atom. The van der Waals surface area contributed by atoms with Crippen LogP contribution in [0.5, 0.6) is 0 Å². The molecule has 2 aromatic rings. The normalized spacial score (nSPS) is 27.2. The lowest BCUT2D eigenvalue weighted by molar-refractivity contribution is 0.0803. The SMILES string of the molecule is O=c1[nH]c(CN2CC[C@@H]3CCCC[C@@H]3C2)nc2sc3c(c12)CCCC3. The zero-order valence-corrected chi connectivity index (χ0v) is 15.7. The van der Waals surface area contributed by atoms with E-state index >= 15 is 0 Å². The van der Waals surface area contributed by atoms with E-state index in [2.05, 4.69) is 9.88 Å². The van der Waals surface area contributed by atoms with Gasteiger partial charge in [0.1, 0.15) is 10.7 Å². The largest absolute Gasteiger partial charge is 0.309 e. The average Bonchev–Trinajstić information content (AvgIpc) is 3.00. The molecule has 2 atom stereocenters. The van der Waals surface area contributed by atoms with Crippen LogP contribution in [0.2, 0.25) is 0 Å². The van der Waals surface area contributed by atoms with Gasteiger partial charge >= 0.3 is 0 Å². The number of aromatic nitrogens is 2. The monoisotopic (exact) mass is 357 g/mol. The molecule has 2 fully saturated rings. The third kappa shape index (κ3) is 2.95. The van der Waals surface area contributed by atoms with E-state index in [1.807, 2.05) is 0 Å². The summed E-state index contributed by atoms with van der Waals surface area (Å²) in [7, 11) is 0. The van der Waals surface area contributed by atoms with Gasteiger partial charge in [0.15, 0.2) is 0 Å². The first-order valence-electron chi connectivity index (χ1n) is 10.0. The number of aryl methyl sites for hydroxylation is 2. The molecular weight excluding hydrogens is 330 g/mol. The number of likely N-dealkylation sites (tertiary alicyclic amines) is 1. The minimum atomic E-state index is 0.0898. The summed E-state index contributed by atoms with van der Waals surface area (Å²) >= 11 is 1.76. The van der Waals surface area contributed by atoms with Crippen LogP contribution in [0.4, 0.5) is 0 Å². The van der Waals surface area contributed by atoms with Crippen molar-refractivity contribution in [3.8, 4) is 0 Å². The molecule has 0 bridgehead atoms. The van der Waals surface area contributed by atoms with Crippen LogP contribution in [0.1, 0.15) is 61.2 Å². The molecule has 2 aromatic heterocycles. The van der Waals surface area contributed by atoms with Crippen molar-refractivity contribution >= 4 is 21.6 Å². The van der Waals surface area contributed by atoms with Crippen LogP contribution in [-0.2, 0) is 19.4 Å². The van der Waals surface area contributed by atoms with Gasteiger partial charge in [-0.05, 0) is 62.5 Å². The number of fused-ring (bicyclic) bond motifs is 4. The highest BCUT2D eigenvalue weighted by Gasteiger charge is 2.31. The zero-order valence-electron chi connectivity index (χ0n) is 14.9. The molecule has 1 saturated heterocycles. The molecule has 5 heteroatoms. The molecule has 0 radical (unpaired) electrons. The number of rotatable bonds is 2. The topological polar surface area (TPSA) is 49.0 Å². The Kier molecular flexibility index (Phi) is 4.17. The molecule has 0 aromatic carbocycles. The first-order chi connectivity index (χ1) is 12.3.